The highest BCUT2D eigenvalue weighted by molar-refractivity contribution is 7.80. The molecular formula is C19H21N5O3S. The minimum atomic E-state index is -0.373. The number of hydrogen-bond acceptors (Lipinski definition) is 6. The van der Waals surface area contributed by atoms with Crippen molar-refractivity contribution in [3.8, 4) is 0 Å². The van der Waals surface area contributed by atoms with Crippen LogP contribution in [0.2, 0.25) is 0 Å². The Morgan fingerprint density at radius 1 is 1.25 bits per heavy atom. The standard InChI is InChI=1S/C19H21N5O3S/c25-24(26)18-12-16(6-7-17(18)23-8-10-27-11-9-23)14-21-22-19(28)20-13-15-4-2-1-3-5-15/h1-7,12,14H,8-11,13H2,(H2,20,22,28)/b21-14+. The molecule has 1 fully saturated rings. The molecule has 0 aliphatic carbocycles. The maximum atomic E-state index is 11.5. The minimum absolute atomic E-state index is 0.0515. The highest BCUT2D eigenvalue weighted by Crippen LogP contribution is 2.29. The number of hydrazone groups is 1. The van der Waals surface area contributed by atoms with E-state index in [9.17, 15) is 10.1 Å². The van der Waals surface area contributed by atoms with E-state index in [4.69, 9.17) is 17.0 Å². The molecule has 0 spiro atoms. The van der Waals surface area contributed by atoms with Gasteiger partial charge in [0.25, 0.3) is 5.69 Å². The number of ether oxygens (including phenoxy) is 1. The van der Waals surface area contributed by atoms with E-state index >= 15 is 0 Å². The molecule has 0 bridgehead atoms. The highest BCUT2D eigenvalue weighted by Gasteiger charge is 2.21. The first-order valence-electron chi connectivity index (χ1n) is 8.85. The number of nitrogens with one attached hydrogen (secondary N) is 2. The third-order valence-electron chi connectivity index (χ3n) is 4.22. The molecule has 0 saturated carbocycles. The zero-order chi connectivity index (χ0) is 19.8. The van der Waals surface area contributed by atoms with Crippen LogP contribution < -0.4 is 15.6 Å². The lowest BCUT2D eigenvalue weighted by atomic mass is 10.1. The van der Waals surface area contributed by atoms with E-state index in [1.807, 2.05) is 35.2 Å². The van der Waals surface area contributed by atoms with Gasteiger partial charge in [-0.05, 0) is 23.8 Å². The lowest BCUT2D eigenvalue weighted by molar-refractivity contribution is -0.384. The van der Waals surface area contributed by atoms with Crippen LogP contribution >= 0.6 is 12.2 Å². The summed E-state index contributed by atoms with van der Waals surface area (Å²) in [6.45, 7) is 2.99. The number of anilines is 1. The molecule has 0 atom stereocenters. The van der Waals surface area contributed by atoms with Gasteiger partial charge < -0.3 is 15.0 Å². The zero-order valence-electron chi connectivity index (χ0n) is 15.2. The number of nitro benzene ring substituents is 1. The van der Waals surface area contributed by atoms with Crippen molar-refractivity contribution in [3.63, 3.8) is 0 Å². The molecule has 1 aliphatic heterocycles. The van der Waals surface area contributed by atoms with Crippen molar-refractivity contribution < 1.29 is 9.66 Å². The molecule has 0 aromatic heterocycles. The second-order valence-corrected chi connectivity index (χ2v) is 6.55. The van der Waals surface area contributed by atoms with Gasteiger partial charge in [0, 0.05) is 31.3 Å². The van der Waals surface area contributed by atoms with Crippen LogP contribution in [0.1, 0.15) is 11.1 Å². The van der Waals surface area contributed by atoms with Crippen molar-refractivity contribution in [3.05, 3.63) is 69.8 Å². The molecule has 2 aromatic carbocycles. The summed E-state index contributed by atoms with van der Waals surface area (Å²) in [6, 6.07) is 14.9. The number of benzene rings is 2. The Morgan fingerprint density at radius 3 is 2.71 bits per heavy atom. The van der Waals surface area contributed by atoms with Crippen LogP contribution in [0.3, 0.4) is 0 Å². The van der Waals surface area contributed by atoms with Crippen LogP contribution in [0.15, 0.2) is 53.6 Å². The van der Waals surface area contributed by atoms with E-state index in [2.05, 4.69) is 15.8 Å². The first kappa shape index (κ1) is 19.7. The predicted molar refractivity (Wildman–Crippen MR) is 113 cm³/mol. The molecule has 1 heterocycles. The summed E-state index contributed by atoms with van der Waals surface area (Å²) in [6.07, 6.45) is 1.51. The zero-order valence-corrected chi connectivity index (χ0v) is 16.0. The number of morpholine rings is 1. The van der Waals surface area contributed by atoms with E-state index in [0.717, 1.165) is 5.56 Å². The first-order chi connectivity index (χ1) is 13.6. The maximum Gasteiger partial charge on any atom is 0.293 e. The second-order valence-electron chi connectivity index (χ2n) is 6.14. The van der Waals surface area contributed by atoms with E-state index in [-0.39, 0.29) is 10.6 Å². The highest BCUT2D eigenvalue weighted by atomic mass is 32.1. The van der Waals surface area contributed by atoms with Gasteiger partial charge in [-0.3, -0.25) is 15.5 Å². The second kappa shape index (κ2) is 9.77. The van der Waals surface area contributed by atoms with Crippen LogP contribution in [0.25, 0.3) is 0 Å². The van der Waals surface area contributed by atoms with Crippen LogP contribution in [-0.2, 0) is 11.3 Å². The predicted octanol–water partition coefficient (Wildman–Crippen LogP) is 2.43. The van der Waals surface area contributed by atoms with Crippen molar-refractivity contribution in [1.82, 2.24) is 10.7 Å². The summed E-state index contributed by atoms with van der Waals surface area (Å²) in [5, 5.41) is 19.0. The van der Waals surface area contributed by atoms with E-state index in [0.29, 0.717) is 49.2 Å². The summed E-state index contributed by atoms with van der Waals surface area (Å²) >= 11 is 5.18. The van der Waals surface area contributed by atoms with Gasteiger partial charge in [-0.2, -0.15) is 5.10 Å². The average molecular weight is 399 g/mol. The lowest BCUT2D eigenvalue weighted by Gasteiger charge is -2.28. The molecule has 0 amide bonds. The van der Waals surface area contributed by atoms with Crippen molar-refractivity contribution in [2.45, 2.75) is 6.54 Å². The molecule has 28 heavy (non-hydrogen) atoms. The number of rotatable bonds is 6. The summed E-state index contributed by atoms with van der Waals surface area (Å²) in [5.74, 6) is 0. The topological polar surface area (TPSA) is 92.0 Å². The van der Waals surface area contributed by atoms with Crippen LogP contribution in [-0.4, -0.2) is 42.6 Å². The van der Waals surface area contributed by atoms with Crippen molar-refractivity contribution in [1.29, 1.82) is 0 Å². The summed E-state index contributed by atoms with van der Waals surface area (Å²) in [4.78, 5) is 13.1. The molecule has 0 unspecified atom stereocenters. The number of nitrogens with zero attached hydrogens (tertiary/aromatic N) is 3. The SMILES string of the molecule is O=[N+]([O-])c1cc(/C=N/NC(=S)NCc2ccccc2)ccc1N1CCOCC1. The largest absolute Gasteiger partial charge is 0.378 e. The van der Waals surface area contributed by atoms with Crippen molar-refractivity contribution in [2.75, 3.05) is 31.2 Å². The third-order valence-corrected chi connectivity index (χ3v) is 4.46. The van der Waals surface area contributed by atoms with Crippen molar-refractivity contribution >= 4 is 34.9 Å². The number of hydrogen-bond donors (Lipinski definition) is 2. The smallest absolute Gasteiger partial charge is 0.293 e. The number of thiocarbonyl (C=S) groups is 1. The maximum absolute atomic E-state index is 11.5. The van der Waals surface area contributed by atoms with Gasteiger partial charge in [0.05, 0.1) is 24.4 Å². The lowest BCUT2D eigenvalue weighted by Crippen LogP contribution is -2.36. The molecule has 3 rings (SSSR count). The molecular weight excluding hydrogens is 378 g/mol. The fourth-order valence-corrected chi connectivity index (χ4v) is 2.95. The minimum Gasteiger partial charge on any atom is -0.378 e. The molecule has 146 valence electrons. The number of nitro groups is 1. The van der Waals surface area contributed by atoms with Gasteiger partial charge in [0.1, 0.15) is 5.69 Å². The Bertz CT molecular complexity index is 854. The van der Waals surface area contributed by atoms with E-state index in [1.54, 1.807) is 12.1 Å². The fraction of sp³-hybridized carbons (Fsp3) is 0.263. The molecule has 1 saturated heterocycles. The van der Waals surface area contributed by atoms with Gasteiger partial charge in [-0.1, -0.05) is 36.4 Å². The average Bonchev–Trinajstić information content (AvgIpc) is 2.73. The van der Waals surface area contributed by atoms with Gasteiger partial charge in [0.15, 0.2) is 5.11 Å². The Labute approximate surface area is 168 Å². The Balaban J connectivity index is 1.59. The van der Waals surface area contributed by atoms with Gasteiger partial charge in [-0.15, -0.1) is 0 Å². The quantitative estimate of drug-likeness (QED) is 0.334. The Hall–Kier alpha value is -3.04. The summed E-state index contributed by atoms with van der Waals surface area (Å²) < 4.78 is 5.31. The van der Waals surface area contributed by atoms with E-state index < -0.39 is 0 Å². The molecule has 9 heteroatoms. The Kier molecular flexibility index (Phi) is 6.88. The van der Waals surface area contributed by atoms with Crippen LogP contribution in [0, 0.1) is 10.1 Å². The fourth-order valence-electron chi connectivity index (χ4n) is 2.82. The Morgan fingerprint density at radius 2 is 2.00 bits per heavy atom. The molecule has 0 radical (unpaired) electrons. The van der Waals surface area contributed by atoms with Crippen molar-refractivity contribution in [2.24, 2.45) is 5.10 Å². The van der Waals surface area contributed by atoms with Gasteiger partial charge in [-0.25, -0.2) is 0 Å². The molecule has 2 N–H and O–H groups in total. The molecule has 1 aliphatic rings. The third kappa shape index (κ3) is 5.48. The van der Waals surface area contributed by atoms with Gasteiger partial charge in [0.2, 0.25) is 0 Å². The van der Waals surface area contributed by atoms with Crippen LogP contribution in [0.5, 0.6) is 0 Å². The van der Waals surface area contributed by atoms with Gasteiger partial charge >= 0.3 is 0 Å². The van der Waals surface area contributed by atoms with Crippen LogP contribution in [0.4, 0.5) is 11.4 Å². The summed E-state index contributed by atoms with van der Waals surface area (Å²) in [7, 11) is 0. The normalized spacial score (nSPS) is 14.1. The summed E-state index contributed by atoms with van der Waals surface area (Å²) in [5.41, 5.74) is 5.08. The molecule has 2 aromatic rings. The monoisotopic (exact) mass is 399 g/mol. The van der Waals surface area contributed by atoms with E-state index in [1.165, 1.54) is 12.3 Å². The molecule has 8 nitrogen and oxygen atoms in total. The first-order valence-corrected chi connectivity index (χ1v) is 9.26.